The Hall–Kier alpha value is -0.120. The molecule has 1 N–H and O–H groups in total. The minimum atomic E-state index is 0.470. The lowest BCUT2D eigenvalue weighted by molar-refractivity contribution is 0.0185. The molecule has 0 amide bonds. The maximum Gasteiger partial charge on any atom is 0.0521 e. The van der Waals surface area contributed by atoms with E-state index >= 15 is 0 Å². The highest BCUT2D eigenvalue weighted by Gasteiger charge is 2.30. The van der Waals surface area contributed by atoms with Gasteiger partial charge >= 0.3 is 0 Å². The average molecular weight is 282 g/mol. The number of nitrogens with zero attached hydrogens (tertiary/aromatic N) is 1. The summed E-state index contributed by atoms with van der Waals surface area (Å²) in [6.45, 7) is 12.8. The summed E-state index contributed by atoms with van der Waals surface area (Å²) in [5.41, 5.74) is 0.470. The van der Waals surface area contributed by atoms with Crippen molar-refractivity contribution < 1.29 is 4.74 Å². The molecule has 0 aromatic heterocycles. The van der Waals surface area contributed by atoms with Gasteiger partial charge in [-0.25, -0.2) is 0 Å². The van der Waals surface area contributed by atoms with Crippen LogP contribution in [0.3, 0.4) is 0 Å². The van der Waals surface area contributed by atoms with Gasteiger partial charge in [0.05, 0.1) is 6.61 Å². The van der Waals surface area contributed by atoms with Crippen LogP contribution in [0.25, 0.3) is 0 Å². The van der Waals surface area contributed by atoms with Crippen molar-refractivity contribution >= 4 is 0 Å². The molecule has 3 nitrogen and oxygen atoms in total. The molecule has 0 radical (unpaired) electrons. The summed E-state index contributed by atoms with van der Waals surface area (Å²) in [6, 6.07) is 0.644. The fraction of sp³-hybridized carbons (Fsp3) is 1.00. The third-order valence-electron chi connectivity index (χ3n) is 5.38. The minimum absolute atomic E-state index is 0.470. The molecule has 2 fully saturated rings. The standard InChI is InChI=1S/C17H34N2O/c1-17(2,3)15-6-5-9-19(10-7-15)12-14-13-20-11-8-16(14)18-4/h14-16,18H,5-13H2,1-4H3. The number of rotatable bonds is 3. The quantitative estimate of drug-likeness (QED) is 0.861. The van der Waals surface area contributed by atoms with Gasteiger partial charge < -0.3 is 15.0 Å². The number of nitrogens with one attached hydrogen (secondary N) is 1. The third kappa shape index (κ3) is 4.44. The predicted molar refractivity (Wildman–Crippen MR) is 85.0 cm³/mol. The van der Waals surface area contributed by atoms with Crippen molar-refractivity contribution in [2.24, 2.45) is 17.3 Å². The summed E-state index contributed by atoms with van der Waals surface area (Å²) in [5.74, 6) is 1.55. The van der Waals surface area contributed by atoms with E-state index in [-0.39, 0.29) is 0 Å². The lowest BCUT2D eigenvalue weighted by atomic mass is 9.77. The van der Waals surface area contributed by atoms with Crippen LogP contribution in [0.4, 0.5) is 0 Å². The van der Waals surface area contributed by atoms with Gasteiger partial charge in [0.25, 0.3) is 0 Å². The zero-order chi connectivity index (χ0) is 14.6. The van der Waals surface area contributed by atoms with Gasteiger partial charge in [0.15, 0.2) is 0 Å². The molecule has 0 aromatic rings. The molecule has 118 valence electrons. The van der Waals surface area contributed by atoms with Crippen LogP contribution in [0.15, 0.2) is 0 Å². The molecule has 3 heteroatoms. The van der Waals surface area contributed by atoms with E-state index in [4.69, 9.17) is 4.74 Å². The zero-order valence-electron chi connectivity index (χ0n) is 14.0. The molecule has 2 heterocycles. The first-order chi connectivity index (χ1) is 9.50. The van der Waals surface area contributed by atoms with Crippen LogP contribution in [0.2, 0.25) is 0 Å². The molecule has 2 saturated heterocycles. The molecule has 0 saturated carbocycles. The Kier molecular flexibility index (Phi) is 5.88. The monoisotopic (exact) mass is 282 g/mol. The normalized spacial score (nSPS) is 33.9. The highest BCUT2D eigenvalue weighted by molar-refractivity contribution is 4.84. The molecule has 0 spiro atoms. The minimum Gasteiger partial charge on any atom is -0.381 e. The van der Waals surface area contributed by atoms with Gasteiger partial charge in [-0.3, -0.25) is 0 Å². The summed E-state index contributed by atoms with van der Waals surface area (Å²) in [5, 5.41) is 3.49. The predicted octanol–water partition coefficient (Wildman–Crippen LogP) is 2.76. The fourth-order valence-corrected chi connectivity index (χ4v) is 3.89. The molecule has 0 aromatic carbocycles. The molecular weight excluding hydrogens is 248 g/mol. The van der Waals surface area contributed by atoms with Crippen molar-refractivity contribution in [3.8, 4) is 0 Å². The summed E-state index contributed by atoms with van der Waals surface area (Å²) < 4.78 is 5.70. The van der Waals surface area contributed by atoms with E-state index in [1.165, 1.54) is 45.3 Å². The highest BCUT2D eigenvalue weighted by Crippen LogP contribution is 2.34. The molecule has 2 aliphatic heterocycles. The summed E-state index contributed by atoms with van der Waals surface area (Å²) in [6.07, 6.45) is 5.29. The van der Waals surface area contributed by atoms with E-state index in [0.717, 1.165) is 19.1 Å². The van der Waals surface area contributed by atoms with Gasteiger partial charge in [0, 0.05) is 25.1 Å². The Bertz CT molecular complexity index is 287. The highest BCUT2D eigenvalue weighted by atomic mass is 16.5. The van der Waals surface area contributed by atoms with Gasteiger partial charge in [0.2, 0.25) is 0 Å². The van der Waals surface area contributed by atoms with Gasteiger partial charge in [-0.2, -0.15) is 0 Å². The smallest absolute Gasteiger partial charge is 0.0521 e. The van der Waals surface area contributed by atoms with Crippen LogP contribution in [0, 0.1) is 17.3 Å². The van der Waals surface area contributed by atoms with Crippen LogP contribution in [-0.4, -0.2) is 50.8 Å². The Balaban J connectivity index is 1.84. The summed E-state index contributed by atoms with van der Waals surface area (Å²) in [4.78, 5) is 2.69. The first-order valence-corrected chi connectivity index (χ1v) is 8.48. The largest absolute Gasteiger partial charge is 0.381 e. The van der Waals surface area contributed by atoms with E-state index < -0.39 is 0 Å². The van der Waals surface area contributed by atoms with E-state index in [1.807, 2.05) is 0 Å². The molecule has 2 rings (SSSR count). The van der Waals surface area contributed by atoms with Crippen LogP contribution in [-0.2, 0) is 4.74 Å². The van der Waals surface area contributed by atoms with Crippen LogP contribution < -0.4 is 5.32 Å². The molecule has 3 unspecified atom stereocenters. The van der Waals surface area contributed by atoms with Gasteiger partial charge in [-0.1, -0.05) is 20.8 Å². The first-order valence-electron chi connectivity index (χ1n) is 8.48. The molecule has 20 heavy (non-hydrogen) atoms. The van der Waals surface area contributed by atoms with Gasteiger partial charge in [-0.15, -0.1) is 0 Å². The second-order valence-electron chi connectivity index (χ2n) is 7.81. The van der Waals surface area contributed by atoms with Crippen molar-refractivity contribution in [1.82, 2.24) is 10.2 Å². The molecule has 2 aliphatic rings. The third-order valence-corrected chi connectivity index (χ3v) is 5.38. The van der Waals surface area contributed by atoms with Crippen LogP contribution in [0.1, 0.15) is 46.5 Å². The molecular formula is C17H34N2O. The van der Waals surface area contributed by atoms with Gasteiger partial charge in [0.1, 0.15) is 0 Å². The summed E-state index contributed by atoms with van der Waals surface area (Å²) in [7, 11) is 2.10. The Morgan fingerprint density at radius 1 is 1.15 bits per heavy atom. The fourth-order valence-electron chi connectivity index (χ4n) is 3.89. The second kappa shape index (κ2) is 7.24. The van der Waals surface area contributed by atoms with Crippen LogP contribution >= 0.6 is 0 Å². The number of likely N-dealkylation sites (tertiary alicyclic amines) is 1. The first kappa shape index (κ1) is 16.3. The van der Waals surface area contributed by atoms with Crippen molar-refractivity contribution in [1.29, 1.82) is 0 Å². The lowest BCUT2D eigenvalue weighted by Gasteiger charge is -2.35. The van der Waals surface area contributed by atoms with Gasteiger partial charge in [-0.05, 0) is 57.2 Å². The Morgan fingerprint density at radius 3 is 2.65 bits per heavy atom. The average Bonchev–Trinajstić information content (AvgIpc) is 2.64. The van der Waals surface area contributed by atoms with Crippen molar-refractivity contribution in [2.45, 2.75) is 52.5 Å². The number of ether oxygens (including phenoxy) is 1. The molecule has 0 bridgehead atoms. The Morgan fingerprint density at radius 2 is 1.95 bits per heavy atom. The van der Waals surface area contributed by atoms with Crippen molar-refractivity contribution in [2.75, 3.05) is 39.9 Å². The van der Waals surface area contributed by atoms with Crippen LogP contribution in [0.5, 0.6) is 0 Å². The molecule has 3 atom stereocenters. The van der Waals surface area contributed by atoms with Crippen molar-refractivity contribution in [3.05, 3.63) is 0 Å². The zero-order valence-corrected chi connectivity index (χ0v) is 14.0. The Labute approximate surface area is 125 Å². The summed E-state index contributed by atoms with van der Waals surface area (Å²) >= 11 is 0. The lowest BCUT2D eigenvalue weighted by Crippen LogP contribution is -2.46. The van der Waals surface area contributed by atoms with E-state index in [0.29, 0.717) is 17.4 Å². The van der Waals surface area contributed by atoms with Crippen molar-refractivity contribution in [3.63, 3.8) is 0 Å². The topological polar surface area (TPSA) is 24.5 Å². The second-order valence-corrected chi connectivity index (χ2v) is 7.81. The van der Waals surface area contributed by atoms with E-state index in [9.17, 15) is 0 Å². The maximum atomic E-state index is 5.70. The number of hydrogen-bond donors (Lipinski definition) is 1. The number of hydrogen-bond acceptors (Lipinski definition) is 3. The SMILES string of the molecule is CNC1CCOCC1CN1CCCC(C(C)(C)C)CC1. The van der Waals surface area contributed by atoms with E-state index in [2.05, 4.69) is 38.0 Å². The van der Waals surface area contributed by atoms with E-state index in [1.54, 1.807) is 0 Å². The molecule has 0 aliphatic carbocycles. The maximum absolute atomic E-state index is 5.70.